The third kappa shape index (κ3) is 3.82. The summed E-state index contributed by atoms with van der Waals surface area (Å²) in [6.45, 7) is 5.73. The predicted octanol–water partition coefficient (Wildman–Crippen LogP) is 2.10. The van der Waals surface area contributed by atoms with Crippen LogP contribution in [0.15, 0.2) is 23.4 Å². The van der Waals surface area contributed by atoms with Crippen molar-refractivity contribution < 1.29 is 10.0 Å². The molecule has 0 heterocycles. The lowest BCUT2D eigenvalue weighted by atomic mass is 10.0. The summed E-state index contributed by atoms with van der Waals surface area (Å²) in [6, 6.07) is 5.05. The lowest BCUT2D eigenvalue weighted by Gasteiger charge is -2.21. The second kappa shape index (κ2) is 6.74. The second-order valence-electron chi connectivity index (χ2n) is 4.66. The Labute approximate surface area is 126 Å². The number of halogens is 1. The molecule has 0 aromatic heterocycles. The molecule has 0 aliphatic heterocycles. The predicted molar refractivity (Wildman–Crippen MR) is 83.4 cm³/mol. The zero-order valence-corrected chi connectivity index (χ0v) is 13.3. The van der Waals surface area contributed by atoms with E-state index in [1.54, 1.807) is 6.07 Å². The van der Waals surface area contributed by atoms with Crippen molar-refractivity contribution in [3.63, 3.8) is 0 Å². The van der Waals surface area contributed by atoms with E-state index in [9.17, 15) is 4.79 Å². The minimum atomic E-state index is -0.492. The topological polar surface area (TPSA) is 87.7 Å². The third-order valence-corrected chi connectivity index (χ3v) is 4.26. The minimum absolute atomic E-state index is 0.00557. The van der Waals surface area contributed by atoms with Crippen LogP contribution in [0.3, 0.4) is 0 Å². The van der Waals surface area contributed by atoms with E-state index in [1.807, 2.05) is 32.9 Å². The van der Waals surface area contributed by atoms with Gasteiger partial charge in [0.15, 0.2) is 5.84 Å². The summed E-state index contributed by atoms with van der Waals surface area (Å²) in [5.74, 6) is -0.188. The molecule has 1 aromatic carbocycles. The molecule has 19 heavy (non-hydrogen) atoms. The van der Waals surface area contributed by atoms with Crippen LogP contribution in [0.4, 0.5) is 0 Å². The van der Waals surface area contributed by atoms with Gasteiger partial charge in [-0.25, -0.2) is 0 Å². The molecule has 0 spiro atoms. The van der Waals surface area contributed by atoms with Crippen LogP contribution in [0.2, 0.25) is 0 Å². The first kappa shape index (κ1) is 15.7. The fourth-order valence-electron chi connectivity index (χ4n) is 1.69. The third-order valence-electron chi connectivity index (χ3n) is 2.82. The van der Waals surface area contributed by atoms with Crippen molar-refractivity contribution >= 4 is 34.3 Å². The number of hydrogen-bond donors (Lipinski definition) is 3. The Morgan fingerprint density at radius 3 is 2.63 bits per heavy atom. The van der Waals surface area contributed by atoms with Crippen LogP contribution < -0.4 is 11.1 Å². The zero-order valence-electron chi connectivity index (χ0n) is 11.1. The van der Waals surface area contributed by atoms with Crippen LogP contribution in [0.25, 0.3) is 0 Å². The highest BCUT2D eigenvalue weighted by Crippen LogP contribution is 2.17. The maximum absolute atomic E-state index is 12.2. The maximum atomic E-state index is 12.2. The number of hydrogen-bond acceptors (Lipinski definition) is 3. The highest BCUT2D eigenvalue weighted by atomic mass is 127. The Balaban J connectivity index is 2.98. The van der Waals surface area contributed by atoms with Gasteiger partial charge < -0.3 is 16.3 Å². The molecule has 0 aliphatic rings. The fraction of sp³-hybridized carbons (Fsp3) is 0.385. The van der Waals surface area contributed by atoms with Gasteiger partial charge in [0.1, 0.15) is 0 Å². The van der Waals surface area contributed by atoms with Gasteiger partial charge in [-0.1, -0.05) is 31.1 Å². The largest absolute Gasteiger partial charge is 0.409 e. The molecule has 1 unspecified atom stereocenters. The number of carbonyl (C=O) groups is 1. The van der Waals surface area contributed by atoms with Crippen molar-refractivity contribution in [1.82, 2.24) is 5.32 Å². The van der Waals surface area contributed by atoms with Gasteiger partial charge in [0.2, 0.25) is 0 Å². The highest BCUT2D eigenvalue weighted by molar-refractivity contribution is 14.1. The van der Waals surface area contributed by atoms with Crippen LogP contribution in [0.5, 0.6) is 0 Å². The van der Waals surface area contributed by atoms with Crippen molar-refractivity contribution in [2.45, 2.75) is 26.8 Å². The van der Waals surface area contributed by atoms with E-state index in [1.165, 1.54) is 0 Å². The van der Waals surface area contributed by atoms with E-state index in [2.05, 4.69) is 33.1 Å². The van der Waals surface area contributed by atoms with Gasteiger partial charge >= 0.3 is 0 Å². The van der Waals surface area contributed by atoms with Gasteiger partial charge in [-0.05, 0) is 47.1 Å². The van der Waals surface area contributed by atoms with Crippen LogP contribution in [-0.2, 0) is 0 Å². The number of nitrogens with zero attached hydrogens (tertiary/aromatic N) is 1. The Morgan fingerprint density at radius 2 is 2.11 bits per heavy atom. The molecule has 0 bridgehead atoms. The highest BCUT2D eigenvalue weighted by Gasteiger charge is 2.22. The normalized spacial score (nSPS) is 13.4. The number of nitrogens with one attached hydrogen (secondary N) is 1. The Morgan fingerprint density at radius 1 is 1.47 bits per heavy atom. The molecule has 0 saturated carbocycles. The summed E-state index contributed by atoms with van der Waals surface area (Å²) in [4.78, 5) is 12.2. The Kier molecular flexibility index (Phi) is 5.59. The Bertz CT molecular complexity index is 501. The quantitative estimate of drug-likeness (QED) is 0.248. The number of amides is 1. The number of oxime groups is 1. The summed E-state index contributed by atoms with van der Waals surface area (Å²) in [6.07, 6.45) is 0. The molecule has 104 valence electrons. The molecule has 5 nitrogen and oxygen atoms in total. The monoisotopic (exact) mass is 375 g/mol. The first-order valence-corrected chi connectivity index (χ1v) is 6.99. The molecule has 1 atom stereocenters. The number of amidine groups is 1. The summed E-state index contributed by atoms with van der Waals surface area (Å²) in [5.41, 5.74) is 7.23. The number of benzene rings is 1. The molecule has 0 saturated heterocycles. The molecule has 1 rings (SSSR count). The number of carbonyl (C=O) groups excluding carboxylic acids is 1. The van der Waals surface area contributed by atoms with E-state index in [4.69, 9.17) is 10.9 Å². The molecule has 4 N–H and O–H groups in total. The molecule has 0 aliphatic carbocycles. The van der Waals surface area contributed by atoms with E-state index in [0.29, 0.717) is 5.56 Å². The van der Waals surface area contributed by atoms with Crippen LogP contribution in [0, 0.1) is 16.4 Å². The van der Waals surface area contributed by atoms with Gasteiger partial charge in [0.25, 0.3) is 5.91 Å². The standard InChI is InChI=1S/C13H18IN3O2/c1-7(2)11(12(15)17-19)16-13(18)9-6-4-5-8(3)10(9)14/h4-7,11,19H,1-3H3,(H2,15,17)(H,16,18). The Hall–Kier alpha value is -1.31. The average Bonchev–Trinajstić information content (AvgIpc) is 2.37. The number of rotatable bonds is 4. The van der Waals surface area contributed by atoms with Gasteiger partial charge in [-0.3, -0.25) is 4.79 Å². The molecule has 1 aromatic rings. The molecule has 6 heteroatoms. The van der Waals surface area contributed by atoms with Crippen LogP contribution >= 0.6 is 22.6 Å². The van der Waals surface area contributed by atoms with E-state index < -0.39 is 6.04 Å². The summed E-state index contributed by atoms with van der Waals surface area (Å²) in [5, 5.41) is 14.5. The van der Waals surface area contributed by atoms with Gasteiger partial charge in [0.05, 0.1) is 11.6 Å². The van der Waals surface area contributed by atoms with E-state index in [-0.39, 0.29) is 17.7 Å². The summed E-state index contributed by atoms with van der Waals surface area (Å²) >= 11 is 2.14. The van der Waals surface area contributed by atoms with Crippen molar-refractivity contribution in [2.75, 3.05) is 0 Å². The van der Waals surface area contributed by atoms with E-state index in [0.717, 1.165) is 9.13 Å². The molecule has 0 radical (unpaired) electrons. The SMILES string of the molecule is Cc1cccc(C(=O)NC(/C(N)=N/O)C(C)C)c1I. The first-order valence-electron chi connectivity index (χ1n) is 5.91. The van der Waals surface area contributed by atoms with Crippen LogP contribution in [0.1, 0.15) is 29.8 Å². The summed E-state index contributed by atoms with van der Waals surface area (Å²) in [7, 11) is 0. The van der Waals surface area contributed by atoms with Crippen LogP contribution in [-0.4, -0.2) is 23.0 Å². The molecule has 1 amide bonds. The minimum Gasteiger partial charge on any atom is -0.409 e. The van der Waals surface area contributed by atoms with Crippen molar-refractivity contribution in [2.24, 2.45) is 16.8 Å². The van der Waals surface area contributed by atoms with Gasteiger partial charge in [-0.2, -0.15) is 0 Å². The fourth-order valence-corrected chi connectivity index (χ4v) is 2.29. The number of aryl methyl sites for hydroxylation is 1. The summed E-state index contributed by atoms with van der Waals surface area (Å²) < 4.78 is 0.902. The average molecular weight is 375 g/mol. The molecular weight excluding hydrogens is 357 g/mol. The lowest BCUT2D eigenvalue weighted by molar-refractivity contribution is 0.0938. The van der Waals surface area contributed by atoms with Crippen molar-refractivity contribution in [1.29, 1.82) is 0 Å². The first-order chi connectivity index (χ1) is 8.88. The van der Waals surface area contributed by atoms with Gasteiger partial charge in [-0.15, -0.1) is 0 Å². The maximum Gasteiger partial charge on any atom is 0.252 e. The van der Waals surface area contributed by atoms with Crippen molar-refractivity contribution in [3.8, 4) is 0 Å². The zero-order chi connectivity index (χ0) is 14.6. The second-order valence-corrected chi connectivity index (χ2v) is 5.74. The van der Waals surface area contributed by atoms with Crippen molar-refractivity contribution in [3.05, 3.63) is 32.9 Å². The smallest absolute Gasteiger partial charge is 0.252 e. The van der Waals surface area contributed by atoms with Gasteiger partial charge in [0, 0.05) is 3.57 Å². The molecule has 0 fully saturated rings. The number of nitrogens with two attached hydrogens (primary N) is 1. The molecular formula is C13H18IN3O2. The lowest BCUT2D eigenvalue weighted by Crippen LogP contribution is -2.48. The van der Waals surface area contributed by atoms with E-state index >= 15 is 0 Å².